The molecule has 3 unspecified atom stereocenters. The molecule has 0 aromatic heterocycles. The molecule has 2 aliphatic heterocycles. The number of benzene rings is 1. The summed E-state index contributed by atoms with van der Waals surface area (Å²) in [4.78, 5) is 17.0. The van der Waals surface area contributed by atoms with Gasteiger partial charge < -0.3 is 4.90 Å². The molecule has 0 saturated carbocycles. The fourth-order valence-electron chi connectivity index (χ4n) is 3.67. The average Bonchev–Trinajstić information content (AvgIpc) is 2.95. The number of halogens is 1. The number of rotatable bonds is 4. The molecule has 3 rings (SSSR count). The van der Waals surface area contributed by atoms with Crippen LogP contribution in [0.15, 0.2) is 24.3 Å². The van der Waals surface area contributed by atoms with Crippen LogP contribution in [0, 0.1) is 11.7 Å². The smallest absolute Gasteiger partial charge is 0.241 e. The van der Waals surface area contributed by atoms with Crippen LogP contribution in [0.5, 0.6) is 0 Å². The predicted octanol–water partition coefficient (Wildman–Crippen LogP) is 1.36. The van der Waals surface area contributed by atoms with Crippen molar-refractivity contribution in [2.45, 2.75) is 38.9 Å². The lowest BCUT2D eigenvalue weighted by molar-refractivity contribution is -0.135. The van der Waals surface area contributed by atoms with Crippen molar-refractivity contribution in [2.75, 3.05) is 26.2 Å². The van der Waals surface area contributed by atoms with Gasteiger partial charge in [-0.25, -0.2) is 9.82 Å². The first-order valence-corrected chi connectivity index (χ1v) is 8.85. The highest BCUT2D eigenvalue weighted by atomic mass is 19.1. The molecule has 2 fully saturated rings. The summed E-state index contributed by atoms with van der Waals surface area (Å²) >= 11 is 0. The second-order valence-corrected chi connectivity index (χ2v) is 6.87. The lowest BCUT2D eigenvalue weighted by Gasteiger charge is -2.36. The van der Waals surface area contributed by atoms with Crippen LogP contribution < -0.4 is 10.9 Å². The molecule has 0 bridgehead atoms. The maximum atomic E-state index is 13.3. The van der Waals surface area contributed by atoms with E-state index in [1.165, 1.54) is 6.07 Å². The van der Waals surface area contributed by atoms with Crippen molar-refractivity contribution in [1.82, 2.24) is 20.7 Å². The van der Waals surface area contributed by atoms with Gasteiger partial charge in [-0.15, -0.1) is 0 Å². The zero-order chi connectivity index (χ0) is 17.1. The van der Waals surface area contributed by atoms with E-state index in [1.807, 2.05) is 11.0 Å². The Labute approximate surface area is 143 Å². The van der Waals surface area contributed by atoms with E-state index in [0.29, 0.717) is 12.0 Å². The van der Waals surface area contributed by atoms with Crippen LogP contribution >= 0.6 is 0 Å². The Morgan fingerprint density at radius 2 is 2.00 bits per heavy atom. The highest BCUT2D eigenvalue weighted by molar-refractivity contribution is 5.82. The standard InChI is InChI=1S/C18H27FN4O/c1-3-16-13(2)17(21-20-16)18(24)23-9-7-22(8-10-23)12-14-5-4-6-15(19)11-14/h4-6,11,13,16-17,20-21H,3,7-10,12H2,1-2H3. The van der Waals surface area contributed by atoms with E-state index in [9.17, 15) is 9.18 Å². The molecule has 6 heteroatoms. The Kier molecular flexibility index (Phi) is 5.48. The van der Waals surface area contributed by atoms with Crippen LogP contribution in [0.4, 0.5) is 4.39 Å². The molecule has 1 aromatic rings. The van der Waals surface area contributed by atoms with E-state index < -0.39 is 0 Å². The molecular weight excluding hydrogens is 307 g/mol. The number of piperazine rings is 1. The van der Waals surface area contributed by atoms with Crippen molar-refractivity contribution >= 4 is 5.91 Å². The first kappa shape index (κ1) is 17.3. The summed E-state index contributed by atoms with van der Waals surface area (Å²) in [6.07, 6.45) is 1.01. The summed E-state index contributed by atoms with van der Waals surface area (Å²) in [5.41, 5.74) is 7.38. The Morgan fingerprint density at radius 3 is 2.62 bits per heavy atom. The molecule has 2 aliphatic rings. The quantitative estimate of drug-likeness (QED) is 0.873. The third-order valence-corrected chi connectivity index (χ3v) is 5.27. The van der Waals surface area contributed by atoms with Crippen molar-refractivity contribution in [3.63, 3.8) is 0 Å². The van der Waals surface area contributed by atoms with E-state index in [4.69, 9.17) is 0 Å². The van der Waals surface area contributed by atoms with E-state index >= 15 is 0 Å². The van der Waals surface area contributed by atoms with Gasteiger partial charge in [0.1, 0.15) is 11.9 Å². The maximum absolute atomic E-state index is 13.3. The zero-order valence-electron chi connectivity index (χ0n) is 14.5. The lowest BCUT2D eigenvalue weighted by Crippen LogP contribution is -2.54. The molecule has 2 saturated heterocycles. The third-order valence-electron chi connectivity index (χ3n) is 5.27. The van der Waals surface area contributed by atoms with Gasteiger partial charge in [0, 0.05) is 38.8 Å². The number of nitrogens with one attached hydrogen (secondary N) is 2. The predicted molar refractivity (Wildman–Crippen MR) is 91.6 cm³/mol. The summed E-state index contributed by atoms with van der Waals surface area (Å²) < 4.78 is 13.3. The van der Waals surface area contributed by atoms with Crippen LogP contribution in [-0.2, 0) is 11.3 Å². The highest BCUT2D eigenvalue weighted by Gasteiger charge is 2.38. The van der Waals surface area contributed by atoms with Gasteiger partial charge in [0.15, 0.2) is 0 Å². The summed E-state index contributed by atoms with van der Waals surface area (Å²) in [5, 5.41) is 0. The molecule has 5 nitrogen and oxygen atoms in total. The number of hydrogen-bond acceptors (Lipinski definition) is 4. The first-order chi connectivity index (χ1) is 11.6. The first-order valence-electron chi connectivity index (χ1n) is 8.85. The van der Waals surface area contributed by atoms with Gasteiger partial charge in [-0.1, -0.05) is 26.0 Å². The second kappa shape index (κ2) is 7.59. The molecule has 0 spiro atoms. The van der Waals surface area contributed by atoms with E-state index in [-0.39, 0.29) is 17.8 Å². The van der Waals surface area contributed by atoms with Gasteiger partial charge in [0.2, 0.25) is 5.91 Å². The molecule has 2 heterocycles. The summed E-state index contributed by atoms with van der Waals surface area (Å²) in [6.45, 7) is 8.11. The van der Waals surface area contributed by atoms with Gasteiger partial charge in [-0.2, -0.15) is 0 Å². The van der Waals surface area contributed by atoms with Gasteiger partial charge in [-0.3, -0.25) is 15.1 Å². The van der Waals surface area contributed by atoms with Crippen LogP contribution in [-0.4, -0.2) is 54.0 Å². The zero-order valence-corrected chi connectivity index (χ0v) is 14.5. The number of carbonyl (C=O) groups is 1. The van der Waals surface area contributed by atoms with Crippen LogP contribution in [0.1, 0.15) is 25.8 Å². The fraction of sp³-hybridized carbons (Fsp3) is 0.611. The van der Waals surface area contributed by atoms with E-state index in [0.717, 1.165) is 44.7 Å². The highest BCUT2D eigenvalue weighted by Crippen LogP contribution is 2.19. The Hall–Kier alpha value is -1.50. The van der Waals surface area contributed by atoms with Gasteiger partial charge >= 0.3 is 0 Å². The molecule has 0 aliphatic carbocycles. The van der Waals surface area contributed by atoms with Gasteiger partial charge in [0.05, 0.1) is 0 Å². The molecule has 3 atom stereocenters. The van der Waals surface area contributed by atoms with Crippen molar-refractivity contribution in [1.29, 1.82) is 0 Å². The van der Waals surface area contributed by atoms with Gasteiger partial charge in [0.25, 0.3) is 0 Å². The molecule has 0 radical (unpaired) electrons. The normalized spacial score (nSPS) is 28.3. The summed E-state index contributed by atoms with van der Waals surface area (Å²) in [5.74, 6) is 0.296. The third kappa shape index (κ3) is 3.77. The maximum Gasteiger partial charge on any atom is 0.241 e. The topological polar surface area (TPSA) is 47.6 Å². The number of hydrazine groups is 1. The number of amides is 1. The van der Waals surface area contributed by atoms with Crippen molar-refractivity contribution in [2.24, 2.45) is 5.92 Å². The number of carbonyl (C=O) groups excluding carboxylic acids is 1. The Morgan fingerprint density at radius 1 is 1.25 bits per heavy atom. The minimum atomic E-state index is -0.194. The van der Waals surface area contributed by atoms with E-state index in [2.05, 4.69) is 29.6 Å². The lowest BCUT2D eigenvalue weighted by atomic mass is 9.94. The molecule has 24 heavy (non-hydrogen) atoms. The fourth-order valence-corrected chi connectivity index (χ4v) is 3.67. The monoisotopic (exact) mass is 334 g/mol. The average molecular weight is 334 g/mol. The largest absolute Gasteiger partial charge is 0.339 e. The van der Waals surface area contributed by atoms with Crippen molar-refractivity contribution in [3.8, 4) is 0 Å². The Bertz CT molecular complexity index is 574. The minimum absolute atomic E-state index is 0.135. The Balaban J connectivity index is 1.51. The molecule has 132 valence electrons. The van der Waals surface area contributed by atoms with Gasteiger partial charge in [-0.05, 0) is 30.0 Å². The van der Waals surface area contributed by atoms with Crippen LogP contribution in [0.3, 0.4) is 0 Å². The molecule has 1 aromatic carbocycles. The molecular formula is C18H27FN4O. The second-order valence-electron chi connectivity index (χ2n) is 6.87. The summed E-state index contributed by atoms with van der Waals surface area (Å²) in [6, 6.07) is 6.96. The summed E-state index contributed by atoms with van der Waals surface area (Å²) in [7, 11) is 0. The van der Waals surface area contributed by atoms with Crippen LogP contribution in [0.25, 0.3) is 0 Å². The number of hydrogen-bond donors (Lipinski definition) is 2. The SMILES string of the molecule is CCC1NNC(C(=O)N2CCN(Cc3cccc(F)c3)CC2)C1C. The molecule has 1 amide bonds. The van der Waals surface area contributed by atoms with Crippen LogP contribution in [0.2, 0.25) is 0 Å². The minimum Gasteiger partial charge on any atom is -0.339 e. The number of nitrogens with zero attached hydrogens (tertiary/aromatic N) is 2. The van der Waals surface area contributed by atoms with Crippen molar-refractivity contribution in [3.05, 3.63) is 35.6 Å². The van der Waals surface area contributed by atoms with Crippen molar-refractivity contribution < 1.29 is 9.18 Å². The van der Waals surface area contributed by atoms with E-state index in [1.54, 1.807) is 12.1 Å². The molecule has 2 N–H and O–H groups in total.